The normalized spacial score (nSPS) is 13.0. The summed E-state index contributed by atoms with van der Waals surface area (Å²) in [6.07, 6.45) is 2.22. The number of aliphatic hydroxyl groups excluding tert-OH is 1. The van der Waals surface area contributed by atoms with Gasteiger partial charge in [0.1, 0.15) is 0 Å². The van der Waals surface area contributed by atoms with Crippen LogP contribution in [-0.2, 0) is 6.54 Å². The minimum absolute atomic E-state index is 0.301. The van der Waals surface area contributed by atoms with Gasteiger partial charge in [-0.15, -0.1) is 11.3 Å². The van der Waals surface area contributed by atoms with Crippen molar-refractivity contribution in [2.45, 2.75) is 26.3 Å². The fourth-order valence-electron chi connectivity index (χ4n) is 2.06. The summed E-state index contributed by atoms with van der Waals surface area (Å²) < 4.78 is 1.36. The Kier molecular flexibility index (Phi) is 5.17. The predicted octanol–water partition coefficient (Wildman–Crippen LogP) is 3.40. The van der Waals surface area contributed by atoms with E-state index in [9.17, 15) is 0 Å². The van der Waals surface area contributed by atoms with E-state index in [1.54, 1.807) is 0 Å². The van der Waals surface area contributed by atoms with Crippen LogP contribution in [0.2, 0.25) is 0 Å². The van der Waals surface area contributed by atoms with Crippen molar-refractivity contribution in [1.29, 1.82) is 0 Å². The van der Waals surface area contributed by atoms with Crippen molar-refractivity contribution in [3.05, 3.63) is 35.2 Å². The van der Waals surface area contributed by atoms with Gasteiger partial charge in [0.15, 0.2) is 0 Å². The third-order valence-corrected chi connectivity index (χ3v) is 4.25. The second-order valence-electron chi connectivity index (χ2n) is 4.86. The fraction of sp³-hybridized carbons (Fsp3) is 0.467. The molecule has 0 fully saturated rings. The number of fused-ring (bicyclic) bond motifs is 1. The maximum absolute atomic E-state index is 8.94. The Labute approximate surface area is 113 Å². The molecule has 0 saturated heterocycles. The zero-order valence-electron chi connectivity index (χ0n) is 10.9. The molecular weight excluding hydrogens is 242 g/mol. The summed E-state index contributed by atoms with van der Waals surface area (Å²) in [6.45, 7) is 4.35. The molecule has 1 aromatic heterocycles. The first-order valence-electron chi connectivity index (χ1n) is 6.58. The van der Waals surface area contributed by atoms with Crippen LogP contribution in [0.1, 0.15) is 25.3 Å². The van der Waals surface area contributed by atoms with E-state index in [0.29, 0.717) is 12.5 Å². The van der Waals surface area contributed by atoms with Gasteiger partial charge in [0.2, 0.25) is 0 Å². The number of hydrogen-bond acceptors (Lipinski definition) is 3. The van der Waals surface area contributed by atoms with Crippen LogP contribution in [0.25, 0.3) is 10.1 Å². The highest BCUT2D eigenvalue weighted by molar-refractivity contribution is 7.17. The van der Waals surface area contributed by atoms with Gasteiger partial charge >= 0.3 is 0 Å². The summed E-state index contributed by atoms with van der Waals surface area (Å²) in [4.78, 5) is 0. The molecular formula is C15H21NOS. The quantitative estimate of drug-likeness (QED) is 0.750. The first-order valence-corrected chi connectivity index (χ1v) is 7.46. The molecule has 2 nitrogen and oxygen atoms in total. The minimum atomic E-state index is 0.301. The van der Waals surface area contributed by atoms with Crippen molar-refractivity contribution in [3.8, 4) is 0 Å². The van der Waals surface area contributed by atoms with Gasteiger partial charge in [-0.1, -0.05) is 25.1 Å². The van der Waals surface area contributed by atoms with Crippen molar-refractivity contribution >= 4 is 21.4 Å². The lowest BCUT2D eigenvalue weighted by Crippen LogP contribution is -2.15. The number of rotatable bonds is 7. The standard InChI is InChI=1S/C15H21NOS/c1-12(10-17)5-4-8-16-9-13-11-18-15-7-3-2-6-14(13)15/h2-3,6-7,11-12,16-17H,4-5,8-10H2,1H3. The lowest BCUT2D eigenvalue weighted by atomic mass is 10.1. The van der Waals surface area contributed by atoms with Crippen molar-refractivity contribution < 1.29 is 5.11 Å². The number of aliphatic hydroxyl groups is 1. The third-order valence-electron chi connectivity index (χ3n) is 3.24. The van der Waals surface area contributed by atoms with E-state index in [4.69, 9.17) is 5.11 Å². The first-order chi connectivity index (χ1) is 8.81. The smallest absolute Gasteiger partial charge is 0.0456 e. The molecule has 0 aliphatic carbocycles. The number of benzene rings is 1. The maximum Gasteiger partial charge on any atom is 0.0456 e. The molecule has 0 aliphatic heterocycles. The third kappa shape index (κ3) is 3.55. The van der Waals surface area contributed by atoms with Gasteiger partial charge in [-0.3, -0.25) is 0 Å². The van der Waals surface area contributed by atoms with Crippen molar-refractivity contribution in [2.75, 3.05) is 13.2 Å². The second kappa shape index (κ2) is 6.88. The molecule has 1 atom stereocenters. The van der Waals surface area contributed by atoms with Crippen molar-refractivity contribution in [1.82, 2.24) is 5.32 Å². The lowest BCUT2D eigenvalue weighted by Gasteiger charge is -2.08. The van der Waals surface area contributed by atoms with E-state index in [1.807, 2.05) is 11.3 Å². The SMILES string of the molecule is CC(CO)CCCNCc1csc2ccccc12. The molecule has 1 unspecified atom stereocenters. The van der Waals surface area contributed by atoms with E-state index in [-0.39, 0.29) is 0 Å². The summed E-state index contributed by atoms with van der Waals surface area (Å²) in [6, 6.07) is 8.55. The first kappa shape index (κ1) is 13.5. The van der Waals surface area contributed by atoms with Gasteiger partial charge in [0.05, 0.1) is 0 Å². The molecule has 2 aromatic rings. The van der Waals surface area contributed by atoms with E-state index < -0.39 is 0 Å². The van der Waals surface area contributed by atoms with Crippen LogP contribution < -0.4 is 5.32 Å². The highest BCUT2D eigenvalue weighted by atomic mass is 32.1. The number of thiophene rings is 1. The van der Waals surface area contributed by atoms with Crippen molar-refractivity contribution in [3.63, 3.8) is 0 Å². The molecule has 0 radical (unpaired) electrons. The Hall–Kier alpha value is -0.900. The summed E-state index contributed by atoms with van der Waals surface area (Å²) >= 11 is 1.81. The second-order valence-corrected chi connectivity index (χ2v) is 5.78. The van der Waals surface area contributed by atoms with E-state index >= 15 is 0 Å². The monoisotopic (exact) mass is 263 g/mol. The van der Waals surface area contributed by atoms with Gasteiger partial charge in [0.25, 0.3) is 0 Å². The van der Waals surface area contributed by atoms with Gasteiger partial charge in [-0.05, 0) is 47.7 Å². The van der Waals surface area contributed by atoms with Crippen LogP contribution in [0.5, 0.6) is 0 Å². The van der Waals surface area contributed by atoms with Gasteiger partial charge < -0.3 is 10.4 Å². The largest absolute Gasteiger partial charge is 0.396 e. The molecule has 0 saturated carbocycles. The average molecular weight is 263 g/mol. The number of nitrogens with one attached hydrogen (secondary N) is 1. The molecule has 0 amide bonds. The van der Waals surface area contributed by atoms with E-state index in [0.717, 1.165) is 25.9 Å². The predicted molar refractivity (Wildman–Crippen MR) is 79.0 cm³/mol. The van der Waals surface area contributed by atoms with Gasteiger partial charge in [-0.25, -0.2) is 0 Å². The van der Waals surface area contributed by atoms with Crippen LogP contribution >= 0.6 is 11.3 Å². The van der Waals surface area contributed by atoms with Crippen molar-refractivity contribution in [2.24, 2.45) is 5.92 Å². The highest BCUT2D eigenvalue weighted by Crippen LogP contribution is 2.25. The summed E-state index contributed by atoms with van der Waals surface area (Å²) in [5, 5.41) is 16.0. The molecule has 1 aromatic carbocycles. The van der Waals surface area contributed by atoms with Crippen LogP contribution in [0, 0.1) is 5.92 Å². The summed E-state index contributed by atoms with van der Waals surface area (Å²) in [5.41, 5.74) is 1.39. The Balaban J connectivity index is 1.77. The summed E-state index contributed by atoms with van der Waals surface area (Å²) in [7, 11) is 0. The zero-order valence-corrected chi connectivity index (χ0v) is 11.7. The van der Waals surface area contributed by atoms with Gasteiger partial charge in [0, 0.05) is 17.9 Å². The van der Waals surface area contributed by atoms with Crippen LogP contribution in [0.4, 0.5) is 0 Å². The molecule has 3 heteroatoms. The molecule has 18 heavy (non-hydrogen) atoms. The van der Waals surface area contributed by atoms with Crippen LogP contribution in [0.3, 0.4) is 0 Å². The fourth-order valence-corrected chi connectivity index (χ4v) is 3.02. The molecule has 2 N–H and O–H groups in total. The summed E-state index contributed by atoms with van der Waals surface area (Å²) in [5.74, 6) is 0.425. The van der Waals surface area contributed by atoms with E-state index in [2.05, 4.69) is 41.9 Å². The van der Waals surface area contributed by atoms with Crippen LogP contribution in [-0.4, -0.2) is 18.3 Å². The van der Waals surface area contributed by atoms with E-state index in [1.165, 1.54) is 15.6 Å². The maximum atomic E-state index is 8.94. The van der Waals surface area contributed by atoms with Gasteiger partial charge in [-0.2, -0.15) is 0 Å². The average Bonchev–Trinajstić information content (AvgIpc) is 2.81. The Bertz CT molecular complexity index is 480. The topological polar surface area (TPSA) is 32.3 Å². The van der Waals surface area contributed by atoms with Crippen LogP contribution in [0.15, 0.2) is 29.6 Å². The minimum Gasteiger partial charge on any atom is -0.396 e. The highest BCUT2D eigenvalue weighted by Gasteiger charge is 2.03. The zero-order chi connectivity index (χ0) is 12.8. The molecule has 98 valence electrons. The molecule has 0 aliphatic rings. The Morgan fingerprint density at radius 3 is 3.00 bits per heavy atom. The molecule has 0 bridgehead atoms. The molecule has 1 heterocycles. The Morgan fingerprint density at radius 2 is 2.17 bits per heavy atom. The molecule has 2 rings (SSSR count). The molecule has 0 spiro atoms. The number of hydrogen-bond donors (Lipinski definition) is 2. The lowest BCUT2D eigenvalue weighted by molar-refractivity contribution is 0.228. The Morgan fingerprint density at radius 1 is 1.33 bits per heavy atom.